The first-order valence-corrected chi connectivity index (χ1v) is 9.57. The second kappa shape index (κ2) is 8.52. The smallest absolute Gasteiger partial charge is 0.378 e. The number of carbonyl (C=O) groups excluding carboxylic acids is 1. The van der Waals surface area contributed by atoms with E-state index in [1.165, 1.54) is 6.07 Å². The maximum atomic E-state index is 13.2. The Hall–Kier alpha value is -2.42. The van der Waals surface area contributed by atoms with Gasteiger partial charge in [-0.2, -0.15) is 18.2 Å². The highest BCUT2D eigenvalue weighted by atomic mass is 19.4. The summed E-state index contributed by atoms with van der Waals surface area (Å²) in [7, 11) is 0. The Morgan fingerprint density at radius 2 is 2.10 bits per heavy atom. The molecule has 0 aliphatic carbocycles. The van der Waals surface area contributed by atoms with Crippen LogP contribution >= 0.6 is 0 Å². The minimum atomic E-state index is -4.53. The zero-order chi connectivity index (χ0) is 21.2. The second-order valence-corrected chi connectivity index (χ2v) is 7.70. The molecule has 2 heterocycles. The summed E-state index contributed by atoms with van der Waals surface area (Å²) in [5.41, 5.74) is -0.612. The first-order valence-electron chi connectivity index (χ1n) is 9.57. The molecule has 1 aromatic carbocycles. The molecule has 2 unspecified atom stereocenters. The number of halogens is 3. The van der Waals surface area contributed by atoms with Crippen molar-refractivity contribution in [3.05, 3.63) is 29.6 Å². The number of amides is 1. The summed E-state index contributed by atoms with van der Waals surface area (Å²) in [6, 6.07) is 3.05. The maximum absolute atomic E-state index is 13.2. The Bertz CT molecular complexity index is 864. The van der Waals surface area contributed by atoms with Crippen LogP contribution in [0, 0.1) is 18.8 Å². The molecule has 1 aromatic heterocycles. The summed E-state index contributed by atoms with van der Waals surface area (Å²) in [5.74, 6) is 0.514. The van der Waals surface area contributed by atoms with E-state index >= 15 is 0 Å². The maximum Gasteiger partial charge on any atom is 0.416 e. The molecule has 0 bridgehead atoms. The summed E-state index contributed by atoms with van der Waals surface area (Å²) in [5, 5.41) is 6.28. The number of benzene rings is 1. The molecular weight excluding hydrogens is 387 g/mol. The summed E-state index contributed by atoms with van der Waals surface area (Å²) in [6.45, 7) is 6.31. The molecule has 0 radical (unpaired) electrons. The summed E-state index contributed by atoms with van der Waals surface area (Å²) in [6.07, 6.45) is -2.73. The third kappa shape index (κ3) is 5.35. The number of aromatic nitrogens is 2. The van der Waals surface area contributed by atoms with E-state index in [4.69, 9.17) is 9.26 Å². The number of hydrogen-bond acceptors (Lipinski definition) is 5. The van der Waals surface area contributed by atoms with Crippen molar-refractivity contribution in [3.63, 3.8) is 0 Å². The van der Waals surface area contributed by atoms with E-state index in [-0.39, 0.29) is 41.5 Å². The van der Waals surface area contributed by atoms with Crippen molar-refractivity contribution in [1.29, 1.82) is 0 Å². The number of nitrogens with one attached hydrogen (secondary N) is 1. The lowest BCUT2D eigenvalue weighted by Crippen LogP contribution is -2.31. The summed E-state index contributed by atoms with van der Waals surface area (Å²) >= 11 is 0. The average molecular weight is 411 g/mol. The first-order chi connectivity index (χ1) is 13.6. The van der Waals surface area contributed by atoms with Crippen LogP contribution in [0.2, 0.25) is 0 Å². The van der Waals surface area contributed by atoms with Gasteiger partial charge in [-0.3, -0.25) is 4.79 Å². The van der Waals surface area contributed by atoms with Crippen LogP contribution in [0.4, 0.5) is 18.9 Å². The average Bonchev–Trinajstić information content (AvgIpc) is 3.07. The van der Waals surface area contributed by atoms with Crippen molar-refractivity contribution in [2.24, 2.45) is 11.8 Å². The molecule has 1 aliphatic rings. The van der Waals surface area contributed by atoms with Crippen LogP contribution in [0.1, 0.15) is 44.5 Å². The zero-order valence-electron chi connectivity index (χ0n) is 16.5. The van der Waals surface area contributed by atoms with Crippen LogP contribution in [-0.2, 0) is 15.7 Å². The van der Waals surface area contributed by atoms with E-state index < -0.39 is 11.7 Å². The van der Waals surface area contributed by atoms with Crippen LogP contribution in [0.3, 0.4) is 0 Å². The highest BCUT2D eigenvalue weighted by Gasteiger charge is 2.32. The number of anilines is 1. The van der Waals surface area contributed by atoms with Gasteiger partial charge in [-0.25, -0.2) is 0 Å². The molecule has 2 atom stereocenters. The molecule has 1 saturated heterocycles. The van der Waals surface area contributed by atoms with Crippen LogP contribution in [0.25, 0.3) is 11.5 Å². The van der Waals surface area contributed by atoms with E-state index in [0.29, 0.717) is 18.3 Å². The lowest BCUT2D eigenvalue weighted by atomic mass is 9.88. The Kier molecular flexibility index (Phi) is 6.26. The molecule has 1 fully saturated rings. The van der Waals surface area contributed by atoms with E-state index in [1.807, 2.05) is 0 Å². The SMILES string of the molecule is Cc1noc(-c2ccc(C(F)(F)F)cc2NC(=O)CC2CCOC(C(C)C)C2)n1. The van der Waals surface area contributed by atoms with Crippen molar-refractivity contribution in [2.75, 3.05) is 11.9 Å². The first kappa shape index (κ1) is 21.3. The predicted molar refractivity (Wildman–Crippen MR) is 100 cm³/mol. The van der Waals surface area contributed by atoms with Crippen LogP contribution < -0.4 is 5.32 Å². The largest absolute Gasteiger partial charge is 0.416 e. The molecular formula is C20H24F3N3O3. The normalized spacial score (nSPS) is 20.1. The number of carbonyl (C=O) groups is 1. The molecule has 158 valence electrons. The van der Waals surface area contributed by atoms with Gasteiger partial charge in [0.1, 0.15) is 0 Å². The van der Waals surface area contributed by atoms with E-state index in [1.54, 1.807) is 6.92 Å². The van der Waals surface area contributed by atoms with Gasteiger partial charge < -0.3 is 14.6 Å². The molecule has 3 rings (SSSR count). The van der Waals surface area contributed by atoms with Crippen LogP contribution in [0.5, 0.6) is 0 Å². The van der Waals surface area contributed by atoms with Gasteiger partial charge >= 0.3 is 6.18 Å². The molecule has 0 saturated carbocycles. The predicted octanol–water partition coefficient (Wildman–Crippen LogP) is 4.84. The molecule has 2 aromatic rings. The van der Waals surface area contributed by atoms with Crippen LogP contribution in [-0.4, -0.2) is 28.8 Å². The topological polar surface area (TPSA) is 77.2 Å². The van der Waals surface area contributed by atoms with E-state index in [9.17, 15) is 18.0 Å². The number of nitrogens with zero attached hydrogens (tertiary/aromatic N) is 2. The van der Waals surface area contributed by atoms with Gasteiger partial charge in [-0.1, -0.05) is 19.0 Å². The van der Waals surface area contributed by atoms with Crippen molar-refractivity contribution in [1.82, 2.24) is 10.1 Å². The Balaban J connectivity index is 1.79. The highest BCUT2D eigenvalue weighted by molar-refractivity contribution is 5.94. The van der Waals surface area contributed by atoms with Crippen molar-refractivity contribution in [3.8, 4) is 11.5 Å². The fraction of sp³-hybridized carbons (Fsp3) is 0.550. The molecule has 1 aliphatic heterocycles. The standard InChI is InChI=1S/C20H24F3N3O3/c1-11(2)17-8-13(6-7-28-17)9-18(27)25-16-10-14(20(21,22)23)4-5-15(16)19-24-12(3)26-29-19/h4-5,10-11,13,17H,6-9H2,1-3H3,(H,25,27). The monoisotopic (exact) mass is 411 g/mol. The second-order valence-electron chi connectivity index (χ2n) is 7.70. The molecule has 9 heteroatoms. The number of ether oxygens (including phenoxy) is 1. The number of hydrogen-bond donors (Lipinski definition) is 1. The minimum Gasteiger partial charge on any atom is -0.378 e. The summed E-state index contributed by atoms with van der Waals surface area (Å²) < 4.78 is 50.3. The van der Waals surface area contributed by atoms with Crippen molar-refractivity contribution < 1.29 is 27.2 Å². The minimum absolute atomic E-state index is 0.000874. The lowest BCUT2D eigenvalue weighted by molar-refractivity contribution is -0.137. The fourth-order valence-electron chi connectivity index (χ4n) is 3.43. The van der Waals surface area contributed by atoms with Crippen molar-refractivity contribution >= 4 is 11.6 Å². The van der Waals surface area contributed by atoms with Crippen molar-refractivity contribution in [2.45, 2.75) is 52.3 Å². The van der Waals surface area contributed by atoms with Gasteiger partial charge in [0.25, 0.3) is 5.89 Å². The quantitative estimate of drug-likeness (QED) is 0.762. The third-order valence-electron chi connectivity index (χ3n) is 5.02. The highest BCUT2D eigenvalue weighted by Crippen LogP contribution is 2.36. The lowest BCUT2D eigenvalue weighted by Gasteiger charge is -2.31. The number of aryl methyl sites for hydroxylation is 1. The molecule has 29 heavy (non-hydrogen) atoms. The van der Waals surface area contributed by atoms with E-state index in [2.05, 4.69) is 29.3 Å². The molecule has 1 amide bonds. The number of rotatable bonds is 5. The third-order valence-corrected chi connectivity index (χ3v) is 5.02. The summed E-state index contributed by atoms with van der Waals surface area (Å²) in [4.78, 5) is 16.7. The zero-order valence-corrected chi connectivity index (χ0v) is 16.5. The van der Waals surface area contributed by atoms with Crippen LogP contribution in [0.15, 0.2) is 22.7 Å². The molecule has 1 N–H and O–H groups in total. The van der Waals surface area contributed by atoms with Gasteiger partial charge in [0, 0.05) is 13.0 Å². The van der Waals surface area contributed by atoms with Gasteiger partial charge in [0.2, 0.25) is 5.91 Å². The van der Waals surface area contributed by atoms with Gasteiger partial charge in [0.05, 0.1) is 22.9 Å². The number of alkyl halides is 3. The Morgan fingerprint density at radius 3 is 2.72 bits per heavy atom. The Morgan fingerprint density at radius 1 is 1.34 bits per heavy atom. The van der Waals surface area contributed by atoms with E-state index in [0.717, 1.165) is 25.0 Å². The van der Waals surface area contributed by atoms with Gasteiger partial charge in [-0.05, 0) is 49.8 Å². The van der Waals surface area contributed by atoms with Gasteiger partial charge in [-0.15, -0.1) is 0 Å². The van der Waals surface area contributed by atoms with Gasteiger partial charge in [0.15, 0.2) is 5.82 Å². The fourth-order valence-corrected chi connectivity index (χ4v) is 3.43. The molecule has 6 nitrogen and oxygen atoms in total. The Labute approximate surface area is 166 Å². The molecule has 0 spiro atoms.